The first-order valence-electron chi connectivity index (χ1n) is 18.1. The average molecular weight is 574 g/mol. The molecule has 0 rings (SSSR count). The maximum atomic E-state index is 10.7. The third kappa shape index (κ3) is 36.5. The number of hydrogen-bond acceptors (Lipinski definition) is 3. The molecule has 0 N–H and O–H groups in total. The first-order valence-corrected chi connectivity index (χ1v) is 18.1. The van der Waals surface area contributed by atoms with Crippen molar-refractivity contribution in [1.82, 2.24) is 4.90 Å². The fraction of sp³-hybridized carbons (Fsp3) is 0.972. The summed E-state index contributed by atoms with van der Waals surface area (Å²) >= 11 is 0. The zero-order valence-corrected chi connectivity index (χ0v) is 30.1. The minimum Gasteiger partial charge on any atom is -0.550 e. The van der Waals surface area contributed by atoms with E-state index in [4.69, 9.17) is 0 Å². The molecule has 0 bridgehead atoms. The Kier molecular flexibility index (Phi) is 39.9. The van der Waals surface area contributed by atoms with Gasteiger partial charge in [0.25, 0.3) is 0 Å². The second-order valence-corrected chi connectivity index (χ2v) is 12.5. The van der Waals surface area contributed by atoms with Gasteiger partial charge in [0.1, 0.15) is 0 Å². The number of unbranched alkanes of at least 4 members (excludes halogenated alkanes) is 26. The van der Waals surface area contributed by atoms with Crippen LogP contribution in [0.25, 0.3) is 0 Å². The van der Waals surface area contributed by atoms with Crippen LogP contribution in [0.5, 0.6) is 0 Å². The molecule has 0 aliphatic heterocycles. The van der Waals surface area contributed by atoms with Crippen molar-refractivity contribution in [3.8, 4) is 0 Å². The summed E-state index contributed by atoms with van der Waals surface area (Å²) in [6, 6.07) is 0. The van der Waals surface area contributed by atoms with E-state index in [2.05, 4.69) is 18.7 Å². The van der Waals surface area contributed by atoms with Gasteiger partial charge in [-0.1, -0.05) is 174 Å². The molecular formula is C36H72NNaO2. The summed E-state index contributed by atoms with van der Waals surface area (Å²) < 4.78 is 0. The Labute approximate surface area is 275 Å². The van der Waals surface area contributed by atoms with Crippen LogP contribution in [0.15, 0.2) is 0 Å². The number of carbonyl (C=O) groups is 1. The van der Waals surface area contributed by atoms with Crippen molar-refractivity contribution in [2.24, 2.45) is 0 Å². The summed E-state index contributed by atoms with van der Waals surface area (Å²) in [5.74, 6) is -0.897. The molecule has 0 saturated heterocycles. The van der Waals surface area contributed by atoms with Gasteiger partial charge >= 0.3 is 29.6 Å². The third-order valence-electron chi connectivity index (χ3n) is 8.51. The second kappa shape index (κ2) is 37.5. The molecule has 0 unspecified atom stereocenters. The van der Waals surface area contributed by atoms with E-state index in [0.29, 0.717) is 0 Å². The normalized spacial score (nSPS) is 11.3. The maximum absolute atomic E-state index is 10.7. The molecule has 40 heavy (non-hydrogen) atoms. The number of aliphatic carboxylic acids is 1. The van der Waals surface area contributed by atoms with Crippen LogP contribution in [0.3, 0.4) is 0 Å². The fourth-order valence-electron chi connectivity index (χ4n) is 5.82. The summed E-state index contributed by atoms with van der Waals surface area (Å²) in [4.78, 5) is 13.4. The van der Waals surface area contributed by atoms with Gasteiger partial charge in [0, 0.05) is 5.97 Å². The van der Waals surface area contributed by atoms with Crippen LogP contribution in [-0.2, 0) is 4.79 Å². The van der Waals surface area contributed by atoms with Crippen molar-refractivity contribution >= 4 is 5.97 Å². The molecule has 234 valence electrons. The number of hydrogen-bond donors (Lipinski definition) is 0. The van der Waals surface area contributed by atoms with Crippen LogP contribution in [0.4, 0.5) is 0 Å². The molecule has 3 nitrogen and oxygen atoms in total. The van der Waals surface area contributed by atoms with Gasteiger partial charge in [0.15, 0.2) is 0 Å². The maximum Gasteiger partial charge on any atom is 1.00 e. The predicted octanol–water partition coefficient (Wildman–Crippen LogP) is 7.79. The minimum absolute atomic E-state index is 0. The van der Waals surface area contributed by atoms with Crippen LogP contribution < -0.4 is 34.7 Å². The Morgan fingerprint density at radius 1 is 0.400 bits per heavy atom. The zero-order chi connectivity index (χ0) is 28.5. The monoisotopic (exact) mass is 574 g/mol. The average Bonchev–Trinajstić information content (AvgIpc) is 2.93. The molecule has 0 fully saturated rings. The smallest absolute Gasteiger partial charge is 0.550 e. The molecule has 0 aromatic rings. The Balaban J connectivity index is 0. The molecule has 0 atom stereocenters. The number of carbonyl (C=O) groups excluding carboxylic acids is 1. The Bertz CT molecular complexity index is 444. The Hall–Kier alpha value is 0.430. The number of carboxylic acids is 1. The molecule has 0 aliphatic carbocycles. The molecule has 0 aromatic carbocycles. The van der Waals surface area contributed by atoms with E-state index >= 15 is 0 Å². The van der Waals surface area contributed by atoms with E-state index in [1.165, 1.54) is 180 Å². The van der Waals surface area contributed by atoms with Crippen molar-refractivity contribution in [2.45, 2.75) is 206 Å². The fourth-order valence-corrected chi connectivity index (χ4v) is 5.82. The van der Waals surface area contributed by atoms with Gasteiger partial charge in [-0.15, -0.1) is 0 Å². The first-order chi connectivity index (χ1) is 19.2. The van der Waals surface area contributed by atoms with E-state index in [1.54, 1.807) is 0 Å². The van der Waals surface area contributed by atoms with Gasteiger partial charge < -0.3 is 14.8 Å². The summed E-state index contributed by atoms with van der Waals surface area (Å²) in [6.45, 7) is 8.19. The Morgan fingerprint density at radius 3 is 0.875 bits per heavy atom. The van der Waals surface area contributed by atoms with Crippen molar-refractivity contribution in [2.75, 3.05) is 19.6 Å². The zero-order valence-electron chi connectivity index (χ0n) is 28.1. The quantitative estimate of drug-likeness (QED) is 0.0583. The number of rotatable bonds is 34. The SMILES string of the molecule is CCCCCCCCCCCCCCCN(CCCCCCCCCCCCCCC)CCCCCC(=O)[O-].[Na+]. The third-order valence-corrected chi connectivity index (χ3v) is 8.51. The number of nitrogens with zero attached hydrogens (tertiary/aromatic N) is 1. The van der Waals surface area contributed by atoms with Crippen LogP contribution in [0.2, 0.25) is 0 Å². The Morgan fingerprint density at radius 2 is 0.625 bits per heavy atom. The molecule has 0 aliphatic rings. The van der Waals surface area contributed by atoms with Gasteiger partial charge in [0.2, 0.25) is 0 Å². The molecule has 0 spiro atoms. The minimum atomic E-state index is -0.897. The van der Waals surface area contributed by atoms with Crippen molar-refractivity contribution < 1.29 is 39.5 Å². The second-order valence-electron chi connectivity index (χ2n) is 12.5. The van der Waals surface area contributed by atoms with Crippen molar-refractivity contribution in [3.63, 3.8) is 0 Å². The molecule has 4 heteroatoms. The molecule has 0 radical (unpaired) electrons. The van der Waals surface area contributed by atoms with E-state index in [0.717, 1.165) is 25.8 Å². The topological polar surface area (TPSA) is 43.4 Å². The van der Waals surface area contributed by atoms with Crippen LogP contribution in [0, 0.1) is 0 Å². The first kappa shape index (κ1) is 42.6. The van der Waals surface area contributed by atoms with Gasteiger partial charge in [-0.25, -0.2) is 0 Å². The predicted molar refractivity (Wildman–Crippen MR) is 171 cm³/mol. The molecule has 0 amide bonds. The molecule has 0 saturated carbocycles. The van der Waals surface area contributed by atoms with Gasteiger partial charge in [-0.2, -0.15) is 0 Å². The van der Waals surface area contributed by atoms with E-state index in [9.17, 15) is 9.90 Å². The van der Waals surface area contributed by atoms with Crippen molar-refractivity contribution in [3.05, 3.63) is 0 Å². The van der Waals surface area contributed by atoms with Crippen LogP contribution >= 0.6 is 0 Å². The largest absolute Gasteiger partial charge is 1.00 e. The summed E-state index contributed by atoms with van der Waals surface area (Å²) in [6.07, 6.45) is 39.8. The molecule has 0 heterocycles. The van der Waals surface area contributed by atoms with Gasteiger partial charge in [-0.05, 0) is 51.7 Å². The van der Waals surface area contributed by atoms with Crippen LogP contribution in [-0.4, -0.2) is 30.5 Å². The van der Waals surface area contributed by atoms with Crippen LogP contribution in [0.1, 0.15) is 206 Å². The standard InChI is InChI=1S/C36H73NO2.Na/c1-3-5-7-9-11-13-15-17-19-21-23-25-29-33-37(35-31-27-28-32-36(38)39)34-30-26-24-22-20-18-16-14-12-10-8-6-4-2;/h3-35H2,1-2H3,(H,38,39);/q;+1/p-1. The summed E-state index contributed by atoms with van der Waals surface area (Å²) in [5, 5.41) is 10.7. The summed E-state index contributed by atoms with van der Waals surface area (Å²) in [7, 11) is 0. The van der Waals surface area contributed by atoms with E-state index in [1.807, 2.05) is 0 Å². The van der Waals surface area contributed by atoms with Gasteiger partial charge in [-0.3, -0.25) is 0 Å². The number of carboxylic acid groups (broad SMARTS) is 1. The molecule has 0 aromatic heterocycles. The summed E-state index contributed by atoms with van der Waals surface area (Å²) in [5.41, 5.74) is 0. The van der Waals surface area contributed by atoms with E-state index < -0.39 is 5.97 Å². The van der Waals surface area contributed by atoms with Crippen molar-refractivity contribution in [1.29, 1.82) is 0 Å². The van der Waals surface area contributed by atoms with Gasteiger partial charge in [0.05, 0.1) is 0 Å². The van der Waals surface area contributed by atoms with E-state index in [-0.39, 0.29) is 36.0 Å². The molecular weight excluding hydrogens is 501 g/mol.